The summed E-state index contributed by atoms with van der Waals surface area (Å²) < 4.78 is 13.0. The Labute approximate surface area is 187 Å². The quantitative estimate of drug-likeness (QED) is 0.332. The number of hydrazone groups is 1. The Morgan fingerprint density at radius 2 is 1.66 bits per heavy atom. The van der Waals surface area contributed by atoms with Crippen LogP contribution in [0.1, 0.15) is 16.8 Å². The number of methoxy groups -OCH3 is 1. The van der Waals surface area contributed by atoms with E-state index in [4.69, 9.17) is 9.47 Å². The molecule has 0 atom stereocenters. The maximum atomic E-state index is 12.2. The second kappa shape index (κ2) is 9.83. The highest BCUT2D eigenvalue weighted by atomic mass is 16.5. The maximum absolute atomic E-state index is 12.2. The van der Waals surface area contributed by atoms with E-state index in [1.165, 1.54) is 5.56 Å². The van der Waals surface area contributed by atoms with Gasteiger partial charge in [0.1, 0.15) is 0 Å². The number of nitrogens with zero attached hydrogens (tertiary/aromatic N) is 2. The van der Waals surface area contributed by atoms with E-state index in [0.29, 0.717) is 11.5 Å². The Balaban J connectivity index is 1.48. The molecule has 3 aromatic carbocycles. The molecule has 0 saturated carbocycles. The summed E-state index contributed by atoms with van der Waals surface area (Å²) in [5.41, 5.74) is 6.95. The number of amides is 1. The Morgan fingerprint density at radius 1 is 0.969 bits per heavy atom. The molecule has 0 aliphatic heterocycles. The first-order chi connectivity index (χ1) is 15.7. The molecule has 0 saturated heterocycles. The zero-order valence-electron chi connectivity index (χ0n) is 18.1. The number of aromatic nitrogens is 1. The van der Waals surface area contributed by atoms with Gasteiger partial charge in [0.15, 0.2) is 18.1 Å². The van der Waals surface area contributed by atoms with Crippen LogP contribution in [0.2, 0.25) is 0 Å². The number of fused-ring (bicyclic) bond motifs is 1. The van der Waals surface area contributed by atoms with Crippen molar-refractivity contribution in [3.8, 4) is 11.5 Å². The van der Waals surface area contributed by atoms with Gasteiger partial charge in [-0.25, -0.2) is 5.43 Å². The number of benzene rings is 3. The predicted molar refractivity (Wildman–Crippen MR) is 126 cm³/mol. The minimum absolute atomic E-state index is 0.160. The van der Waals surface area contributed by atoms with E-state index in [9.17, 15) is 4.79 Å². The number of carbonyl (C=O) groups excluding carboxylic acids is 1. The lowest BCUT2D eigenvalue weighted by molar-refractivity contribution is -0.123. The van der Waals surface area contributed by atoms with E-state index in [2.05, 4.69) is 46.3 Å². The van der Waals surface area contributed by atoms with Crippen molar-refractivity contribution in [2.24, 2.45) is 5.10 Å². The lowest BCUT2D eigenvalue weighted by atomic mass is 10.1. The second-order valence-corrected chi connectivity index (χ2v) is 7.32. The third kappa shape index (κ3) is 4.64. The van der Waals surface area contributed by atoms with Crippen molar-refractivity contribution >= 4 is 23.0 Å². The van der Waals surface area contributed by atoms with E-state index in [1.807, 2.05) is 42.5 Å². The smallest absolute Gasteiger partial charge is 0.277 e. The number of carbonyl (C=O) groups is 1. The van der Waals surface area contributed by atoms with Crippen molar-refractivity contribution in [3.63, 3.8) is 0 Å². The van der Waals surface area contributed by atoms with E-state index in [-0.39, 0.29) is 12.5 Å². The molecule has 162 valence electrons. The lowest BCUT2D eigenvalue weighted by Crippen LogP contribution is -2.24. The average Bonchev–Trinajstić information content (AvgIpc) is 3.09. The van der Waals surface area contributed by atoms with Crippen molar-refractivity contribution in [2.45, 2.75) is 13.5 Å². The van der Waals surface area contributed by atoms with Crippen LogP contribution in [0.3, 0.4) is 0 Å². The number of hydrogen-bond donors (Lipinski definition) is 1. The van der Waals surface area contributed by atoms with E-state index in [1.54, 1.807) is 25.5 Å². The fraction of sp³-hybridized carbons (Fsp3) is 0.154. The van der Waals surface area contributed by atoms with Gasteiger partial charge in [-0.05, 0) is 30.7 Å². The van der Waals surface area contributed by atoms with Crippen molar-refractivity contribution in [2.75, 3.05) is 13.7 Å². The van der Waals surface area contributed by atoms with Crippen LogP contribution < -0.4 is 14.9 Å². The summed E-state index contributed by atoms with van der Waals surface area (Å²) >= 11 is 0. The highest BCUT2D eigenvalue weighted by molar-refractivity contribution is 6.01. The van der Waals surface area contributed by atoms with Crippen LogP contribution in [0.25, 0.3) is 10.9 Å². The Hall–Kier alpha value is -4.06. The largest absolute Gasteiger partial charge is 0.493 e. The summed E-state index contributed by atoms with van der Waals surface area (Å²) in [6.07, 6.45) is 1.69. The van der Waals surface area contributed by atoms with Gasteiger partial charge in [-0.1, -0.05) is 60.7 Å². The molecule has 1 N–H and O–H groups in total. The molecule has 6 nitrogen and oxygen atoms in total. The summed E-state index contributed by atoms with van der Waals surface area (Å²) in [6.45, 7) is 2.67. The number of hydrogen-bond acceptors (Lipinski definition) is 4. The molecule has 4 aromatic rings. The molecule has 0 aliphatic carbocycles. The van der Waals surface area contributed by atoms with Crippen LogP contribution in [0, 0.1) is 6.92 Å². The molecule has 0 spiro atoms. The zero-order valence-corrected chi connectivity index (χ0v) is 18.1. The first-order valence-electron chi connectivity index (χ1n) is 10.4. The number of ether oxygens (including phenoxy) is 2. The van der Waals surface area contributed by atoms with Gasteiger partial charge in [0.25, 0.3) is 5.91 Å². The minimum Gasteiger partial charge on any atom is -0.493 e. The zero-order chi connectivity index (χ0) is 22.3. The highest BCUT2D eigenvalue weighted by Crippen LogP contribution is 2.26. The third-order valence-electron chi connectivity index (χ3n) is 5.27. The highest BCUT2D eigenvalue weighted by Gasteiger charge is 2.13. The molecule has 0 radical (unpaired) electrons. The first-order valence-corrected chi connectivity index (χ1v) is 10.4. The van der Waals surface area contributed by atoms with Crippen LogP contribution in [0.4, 0.5) is 0 Å². The van der Waals surface area contributed by atoms with Gasteiger partial charge in [-0.15, -0.1) is 0 Å². The Kier molecular flexibility index (Phi) is 6.51. The van der Waals surface area contributed by atoms with Gasteiger partial charge in [0.2, 0.25) is 0 Å². The molecule has 1 amide bonds. The molecule has 6 heteroatoms. The van der Waals surface area contributed by atoms with Crippen LogP contribution in [0.15, 0.2) is 84.0 Å². The van der Waals surface area contributed by atoms with Crippen LogP contribution >= 0.6 is 0 Å². The molecular formula is C26H25N3O3. The first kappa shape index (κ1) is 21.2. The third-order valence-corrected chi connectivity index (χ3v) is 5.27. The number of para-hydroxylation sites is 3. The Morgan fingerprint density at radius 3 is 2.44 bits per heavy atom. The molecule has 0 bridgehead atoms. The summed E-state index contributed by atoms with van der Waals surface area (Å²) in [7, 11) is 1.56. The topological polar surface area (TPSA) is 64.8 Å². The number of nitrogens with one attached hydrogen (secondary N) is 1. The summed E-state index contributed by atoms with van der Waals surface area (Å²) in [4.78, 5) is 12.2. The molecule has 0 unspecified atom stereocenters. The van der Waals surface area contributed by atoms with Crippen LogP contribution in [0.5, 0.6) is 11.5 Å². The van der Waals surface area contributed by atoms with Gasteiger partial charge in [-0.3, -0.25) is 4.79 Å². The van der Waals surface area contributed by atoms with Crippen molar-refractivity contribution in [3.05, 3.63) is 95.7 Å². The summed E-state index contributed by atoms with van der Waals surface area (Å²) in [5.74, 6) is 0.734. The normalized spacial score (nSPS) is 11.1. The Bertz CT molecular complexity index is 1250. The van der Waals surface area contributed by atoms with E-state index < -0.39 is 0 Å². The monoisotopic (exact) mass is 427 g/mol. The molecule has 4 rings (SSSR count). The second-order valence-electron chi connectivity index (χ2n) is 7.32. The SMILES string of the molecule is COc1ccccc1OCC(=O)NN=Cc1c(C)n(Cc2ccccc2)c2ccccc12. The van der Waals surface area contributed by atoms with Crippen molar-refractivity contribution < 1.29 is 14.3 Å². The average molecular weight is 428 g/mol. The lowest BCUT2D eigenvalue weighted by Gasteiger charge is -2.09. The fourth-order valence-corrected chi connectivity index (χ4v) is 3.67. The molecule has 0 fully saturated rings. The molecular weight excluding hydrogens is 402 g/mol. The fourth-order valence-electron chi connectivity index (χ4n) is 3.67. The predicted octanol–water partition coefficient (Wildman–Crippen LogP) is 4.54. The minimum atomic E-state index is -0.349. The van der Waals surface area contributed by atoms with Crippen molar-refractivity contribution in [1.82, 2.24) is 9.99 Å². The van der Waals surface area contributed by atoms with Gasteiger partial charge in [0, 0.05) is 28.7 Å². The van der Waals surface area contributed by atoms with Crippen LogP contribution in [-0.4, -0.2) is 30.4 Å². The van der Waals surface area contributed by atoms with E-state index in [0.717, 1.165) is 28.7 Å². The standard InChI is InChI=1S/C26H25N3O3/c1-19-22(16-27-28-26(30)18-32-25-15-9-8-14-24(25)31-2)21-12-6-7-13-23(21)29(19)17-20-10-4-3-5-11-20/h3-16H,17-18H2,1-2H3,(H,28,30). The molecule has 1 heterocycles. The summed E-state index contributed by atoms with van der Waals surface area (Å²) in [5, 5.41) is 5.27. The molecule has 0 aliphatic rings. The van der Waals surface area contributed by atoms with Gasteiger partial charge in [0.05, 0.1) is 13.3 Å². The number of rotatable bonds is 8. The van der Waals surface area contributed by atoms with Crippen LogP contribution in [-0.2, 0) is 11.3 Å². The van der Waals surface area contributed by atoms with Gasteiger partial charge >= 0.3 is 0 Å². The molecule has 32 heavy (non-hydrogen) atoms. The van der Waals surface area contributed by atoms with Gasteiger partial charge < -0.3 is 14.0 Å². The molecule has 1 aromatic heterocycles. The van der Waals surface area contributed by atoms with E-state index >= 15 is 0 Å². The maximum Gasteiger partial charge on any atom is 0.277 e. The van der Waals surface area contributed by atoms with Crippen molar-refractivity contribution in [1.29, 1.82) is 0 Å². The summed E-state index contributed by atoms with van der Waals surface area (Å²) in [6, 6.07) is 25.7. The van der Waals surface area contributed by atoms with Gasteiger partial charge in [-0.2, -0.15) is 5.10 Å².